The van der Waals surface area contributed by atoms with Crippen LogP contribution in [0.2, 0.25) is 0 Å². The molecule has 4 aliphatic heterocycles. The van der Waals surface area contributed by atoms with Crippen molar-refractivity contribution in [3.05, 3.63) is 83.1 Å². The first-order valence-corrected chi connectivity index (χ1v) is 24.5. The lowest BCUT2D eigenvalue weighted by Crippen LogP contribution is -2.24. The average molecular weight is 1270 g/mol. The van der Waals surface area contributed by atoms with E-state index < -0.39 is 0 Å². The van der Waals surface area contributed by atoms with Gasteiger partial charge in [0.1, 0.15) is 46.0 Å². The first kappa shape index (κ1) is 43.3. The topological polar surface area (TPSA) is 155 Å². The highest BCUT2D eigenvalue weighted by molar-refractivity contribution is 14.1. The minimum atomic E-state index is -0.279. The van der Waals surface area contributed by atoms with Gasteiger partial charge in [0.25, 0.3) is 0 Å². The largest absolute Gasteiger partial charge is 0.456 e. The number of aliphatic hydroxyl groups is 4. The smallest absolute Gasteiger partial charge is 0.231 e. The molecule has 0 atom stereocenters. The Morgan fingerprint density at radius 2 is 0.500 bits per heavy atom. The van der Waals surface area contributed by atoms with Gasteiger partial charge in [-0.25, -0.2) is 0 Å². The van der Waals surface area contributed by atoms with Crippen molar-refractivity contribution in [1.82, 2.24) is 0 Å². The highest BCUT2D eigenvalue weighted by atomic mass is 127. The van der Waals surface area contributed by atoms with E-state index in [0.717, 1.165) is 58.8 Å². The van der Waals surface area contributed by atoms with Crippen LogP contribution in [0, 0.1) is 14.3 Å². The molecule has 4 N–H and O–H groups in total. The van der Waals surface area contributed by atoms with E-state index in [1.165, 1.54) is 0 Å². The molecule has 0 saturated heterocycles. The normalized spacial score (nSPS) is 20.3. The van der Waals surface area contributed by atoms with E-state index in [2.05, 4.69) is 115 Å². The molecule has 5 aliphatic rings. The zero-order valence-electron chi connectivity index (χ0n) is 32.5. The summed E-state index contributed by atoms with van der Waals surface area (Å²) < 4.78 is 55.7. The molecule has 60 heavy (non-hydrogen) atoms. The van der Waals surface area contributed by atoms with Crippen LogP contribution in [0.3, 0.4) is 0 Å². The summed E-state index contributed by atoms with van der Waals surface area (Å²) in [6.45, 7) is -0.269. The van der Waals surface area contributed by atoms with Gasteiger partial charge in [0.05, 0.1) is 14.3 Å². The molecule has 4 aromatic rings. The standard InChI is InChI=1S/C44H44I4O12/c45-33-37-25-13-27-22(6-2-10-50)29-15-31-24(8-4-12-52)32-16-30-23(7-3-11-51)28-14-26(21(25)5-1-9-49)38(54-17-53-37)34(46)40(28)56-19-58-42(30)36(48)44(32)60-20-59-43(31)35(47)41(29)57-18-55-39(27)33/h13-16,21-24,49-52H,1-12,17-20H2. The van der Waals surface area contributed by atoms with Crippen molar-refractivity contribution in [2.45, 2.75) is 75.0 Å². The van der Waals surface area contributed by atoms with Crippen LogP contribution in [0.5, 0.6) is 46.0 Å². The average Bonchev–Trinajstić information content (AvgIpc) is 3.21. The Balaban J connectivity index is 1.46. The van der Waals surface area contributed by atoms with Crippen LogP contribution >= 0.6 is 90.4 Å². The number of benzene rings is 4. The molecule has 0 unspecified atom stereocenters. The number of hydrogen-bond donors (Lipinski definition) is 4. The van der Waals surface area contributed by atoms with E-state index in [1.54, 1.807) is 0 Å². The molecular formula is C44H44I4O12. The zero-order valence-corrected chi connectivity index (χ0v) is 41.1. The first-order valence-electron chi connectivity index (χ1n) is 20.2. The molecule has 0 spiro atoms. The van der Waals surface area contributed by atoms with E-state index in [1.807, 2.05) is 0 Å². The molecule has 0 saturated carbocycles. The molecule has 4 heterocycles. The fraction of sp³-hybridized carbons (Fsp3) is 0.455. The number of hydrogen-bond acceptors (Lipinski definition) is 12. The lowest BCUT2D eigenvalue weighted by molar-refractivity contribution is 0.0948. The zero-order chi connectivity index (χ0) is 41.7. The van der Waals surface area contributed by atoms with Crippen molar-refractivity contribution in [3.8, 4) is 46.0 Å². The summed E-state index contributed by atoms with van der Waals surface area (Å²) in [4.78, 5) is 0. The maximum absolute atomic E-state index is 10.4. The Hall–Kier alpha value is -1.96. The van der Waals surface area contributed by atoms with Crippen LogP contribution < -0.4 is 37.9 Å². The summed E-state index contributed by atoms with van der Waals surface area (Å²) in [7, 11) is 0. The predicted octanol–water partition coefficient (Wildman–Crippen LogP) is 8.95. The van der Waals surface area contributed by atoms with Gasteiger partial charge in [-0.15, -0.1) is 0 Å². The number of rotatable bonds is 12. The lowest BCUT2D eigenvalue weighted by Gasteiger charge is -2.36. The quantitative estimate of drug-likeness (QED) is 0.100. The highest BCUT2D eigenvalue weighted by Gasteiger charge is 2.40. The third-order valence-corrected chi connectivity index (χ3v) is 16.1. The third-order valence-electron chi connectivity index (χ3n) is 12.2. The summed E-state index contributed by atoms with van der Waals surface area (Å²) >= 11 is 9.28. The van der Waals surface area contributed by atoms with E-state index >= 15 is 0 Å². The minimum Gasteiger partial charge on any atom is -0.456 e. The third kappa shape index (κ3) is 7.54. The molecule has 320 valence electrons. The van der Waals surface area contributed by atoms with Crippen LogP contribution in [0.4, 0.5) is 0 Å². The van der Waals surface area contributed by atoms with E-state index in [-0.39, 0.29) is 77.3 Å². The second-order valence-electron chi connectivity index (χ2n) is 15.4. The molecule has 9 rings (SSSR count). The van der Waals surface area contributed by atoms with E-state index in [0.29, 0.717) is 97.4 Å². The molecule has 16 heteroatoms. The summed E-state index contributed by atoms with van der Waals surface area (Å²) in [6.07, 6.45) is 4.47. The predicted molar refractivity (Wildman–Crippen MR) is 254 cm³/mol. The summed E-state index contributed by atoms with van der Waals surface area (Å²) in [5, 5.41) is 41.4. The fourth-order valence-corrected chi connectivity index (χ4v) is 13.3. The Kier molecular flexibility index (Phi) is 13.4. The molecule has 8 bridgehead atoms. The molecule has 1 aliphatic carbocycles. The van der Waals surface area contributed by atoms with Crippen LogP contribution in [0.25, 0.3) is 0 Å². The van der Waals surface area contributed by atoms with Crippen LogP contribution in [-0.4, -0.2) is 74.0 Å². The maximum atomic E-state index is 10.4. The van der Waals surface area contributed by atoms with Crippen molar-refractivity contribution < 1.29 is 58.3 Å². The number of halogens is 4. The van der Waals surface area contributed by atoms with Gasteiger partial charge in [0, 0.05) is 94.6 Å². The SMILES string of the molecule is OCCCC1c2cc3c4c(I)c2OCOc2c1cc1c(c2I)OCOc2c(cc5c(c2I)OCOc2c(cc(c(c2I)OCO4)C3CCCO)C5CCCO)C1CCCO. The summed E-state index contributed by atoms with van der Waals surface area (Å²) in [5.41, 5.74) is 7.60. The molecule has 0 amide bonds. The van der Waals surface area contributed by atoms with Gasteiger partial charge in [-0.1, -0.05) is 0 Å². The van der Waals surface area contributed by atoms with Crippen LogP contribution in [0.1, 0.15) is 120 Å². The Labute approximate surface area is 402 Å². The van der Waals surface area contributed by atoms with Gasteiger partial charge in [-0.05, 0) is 166 Å². The van der Waals surface area contributed by atoms with Gasteiger partial charge in [0.15, 0.2) is 0 Å². The Bertz CT molecular complexity index is 1860. The Morgan fingerprint density at radius 3 is 0.650 bits per heavy atom. The molecular weight excluding hydrogens is 1230 g/mol. The second-order valence-corrected chi connectivity index (χ2v) is 19.7. The Morgan fingerprint density at radius 1 is 0.333 bits per heavy atom. The molecule has 0 radical (unpaired) electrons. The fourth-order valence-electron chi connectivity index (χ4n) is 9.55. The monoisotopic (exact) mass is 1270 g/mol. The van der Waals surface area contributed by atoms with E-state index in [9.17, 15) is 20.4 Å². The number of ether oxygens (including phenoxy) is 8. The van der Waals surface area contributed by atoms with Gasteiger partial charge < -0.3 is 58.3 Å². The lowest BCUT2D eigenvalue weighted by atomic mass is 9.76. The van der Waals surface area contributed by atoms with Crippen LogP contribution in [0.15, 0.2) is 24.3 Å². The van der Waals surface area contributed by atoms with Gasteiger partial charge in [0.2, 0.25) is 27.2 Å². The molecule has 0 aromatic heterocycles. The minimum absolute atomic E-state index is 0.00152. The molecule has 0 fully saturated rings. The van der Waals surface area contributed by atoms with Gasteiger partial charge in [-0.2, -0.15) is 0 Å². The van der Waals surface area contributed by atoms with E-state index in [4.69, 9.17) is 37.9 Å². The second kappa shape index (κ2) is 18.6. The van der Waals surface area contributed by atoms with Crippen molar-refractivity contribution in [2.24, 2.45) is 0 Å². The summed E-state index contributed by atoms with van der Waals surface area (Å²) in [6, 6.07) is 8.84. The van der Waals surface area contributed by atoms with Crippen molar-refractivity contribution in [2.75, 3.05) is 53.6 Å². The summed E-state index contributed by atoms with van der Waals surface area (Å²) in [5.74, 6) is 4.08. The van der Waals surface area contributed by atoms with Crippen molar-refractivity contribution >= 4 is 90.4 Å². The van der Waals surface area contributed by atoms with Gasteiger partial charge in [-0.3, -0.25) is 0 Å². The van der Waals surface area contributed by atoms with Crippen molar-refractivity contribution in [1.29, 1.82) is 0 Å². The first-order chi connectivity index (χ1) is 29.3. The molecule has 4 aromatic carbocycles. The van der Waals surface area contributed by atoms with Crippen LogP contribution in [-0.2, 0) is 0 Å². The highest BCUT2D eigenvalue weighted by Crippen LogP contribution is 2.58. The maximum Gasteiger partial charge on any atom is 0.231 e. The number of aliphatic hydroxyl groups excluding tert-OH is 4. The van der Waals surface area contributed by atoms with Gasteiger partial charge >= 0.3 is 0 Å². The molecule has 12 nitrogen and oxygen atoms in total. The van der Waals surface area contributed by atoms with Crippen molar-refractivity contribution in [3.63, 3.8) is 0 Å².